The molecule has 4 aromatic rings. The number of carbonyl (C=O) groups is 2. The van der Waals surface area contributed by atoms with Crippen molar-refractivity contribution in [3.8, 4) is 5.75 Å². The number of carbonyl (C=O) groups excluding carboxylic acids is 2. The van der Waals surface area contributed by atoms with E-state index in [0.717, 1.165) is 22.0 Å². The Kier molecular flexibility index (Phi) is 5.56. The number of imide groups is 1. The molecule has 168 valence electrons. The van der Waals surface area contributed by atoms with Crippen molar-refractivity contribution in [2.75, 3.05) is 17.3 Å². The highest BCUT2D eigenvalue weighted by Gasteiger charge is 2.41. The Morgan fingerprint density at radius 1 is 0.853 bits per heavy atom. The molecule has 4 aromatic carbocycles. The molecule has 1 N–H and O–H groups in total. The van der Waals surface area contributed by atoms with Gasteiger partial charge in [-0.3, -0.25) is 9.59 Å². The summed E-state index contributed by atoms with van der Waals surface area (Å²) in [5.41, 5.74) is 3.09. The average Bonchev–Trinajstić information content (AvgIpc) is 3.10. The maximum Gasteiger partial charge on any atom is 0.282 e. The molecule has 0 saturated heterocycles. The standard InChI is InChI=1S/C28H21ClN2O3/c1-17-10-13-20(29)16-24(17)31-27(32)25(19-11-14-21(34-2)15-12-19)26(28(31)33)30-23-9-5-7-18-6-3-4-8-22(18)23/h3-16,30H,1-2H3. The number of nitrogens with one attached hydrogen (secondary N) is 1. The molecule has 0 radical (unpaired) electrons. The number of methoxy groups -OCH3 is 1. The van der Waals surface area contributed by atoms with Crippen LogP contribution >= 0.6 is 11.6 Å². The van der Waals surface area contributed by atoms with E-state index in [9.17, 15) is 9.59 Å². The molecule has 0 unspecified atom stereocenters. The van der Waals surface area contributed by atoms with Crippen LogP contribution in [-0.4, -0.2) is 18.9 Å². The van der Waals surface area contributed by atoms with Crippen LogP contribution in [0.4, 0.5) is 11.4 Å². The Hall–Kier alpha value is -4.09. The molecule has 34 heavy (non-hydrogen) atoms. The van der Waals surface area contributed by atoms with Crippen molar-refractivity contribution in [3.63, 3.8) is 0 Å². The quantitative estimate of drug-likeness (QED) is 0.354. The van der Waals surface area contributed by atoms with Gasteiger partial charge in [0.25, 0.3) is 11.8 Å². The van der Waals surface area contributed by atoms with Gasteiger partial charge in [-0.2, -0.15) is 0 Å². The van der Waals surface area contributed by atoms with E-state index in [4.69, 9.17) is 16.3 Å². The molecule has 5 rings (SSSR count). The average molecular weight is 469 g/mol. The second kappa shape index (κ2) is 8.69. The van der Waals surface area contributed by atoms with E-state index >= 15 is 0 Å². The molecule has 6 heteroatoms. The van der Waals surface area contributed by atoms with Gasteiger partial charge in [0.1, 0.15) is 11.4 Å². The first kappa shape index (κ1) is 21.7. The van der Waals surface area contributed by atoms with Crippen molar-refractivity contribution < 1.29 is 14.3 Å². The van der Waals surface area contributed by atoms with Gasteiger partial charge in [-0.1, -0.05) is 66.2 Å². The number of aryl methyl sites for hydroxylation is 1. The van der Waals surface area contributed by atoms with Crippen molar-refractivity contribution in [3.05, 3.63) is 107 Å². The highest BCUT2D eigenvalue weighted by atomic mass is 35.5. The van der Waals surface area contributed by atoms with E-state index in [2.05, 4.69) is 5.32 Å². The Morgan fingerprint density at radius 3 is 2.35 bits per heavy atom. The Morgan fingerprint density at radius 2 is 1.59 bits per heavy atom. The van der Waals surface area contributed by atoms with Crippen LogP contribution in [0.1, 0.15) is 11.1 Å². The monoisotopic (exact) mass is 468 g/mol. The number of benzene rings is 4. The first-order valence-electron chi connectivity index (χ1n) is 10.8. The lowest BCUT2D eigenvalue weighted by atomic mass is 10.0. The van der Waals surface area contributed by atoms with Gasteiger partial charge in [-0.25, -0.2) is 4.90 Å². The third-order valence-corrected chi connectivity index (χ3v) is 6.16. The minimum Gasteiger partial charge on any atom is -0.497 e. The predicted octanol–water partition coefficient (Wildman–Crippen LogP) is 6.21. The number of nitrogens with zero attached hydrogens (tertiary/aromatic N) is 1. The topological polar surface area (TPSA) is 58.6 Å². The number of anilines is 2. The maximum atomic E-state index is 13.7. The molecule has 1 aliphatic heterocycles. The van der Waals surface area contributed by atoms with Crippen LogP contribution in [0.5, 0.6) is 5.75 Å². The summed E-state index contributed by atoms with van der Waals surface area (Å²) in [6.45, 7) is 1.84. The Labute approximate surface area is 202 Å². The number of hydrogen-bond donors (Lipinski definition) is 1. The minimum absolute atomic E-state index is 0.214. The molecule has 0 bridgehead atoms. The molecular weight excluding hydrogens is 448 g/mol. The van der Waals surface area contributed by atoms with E-state index in [0.29, 0.717) is 27.6 Å². The third kappa shape index (κ3) is 3.70. The predicted molar refractivity (Wildman–Crippen MR) is 136 cm³/mol. The normalized spacial score (nSPS) is 13.7. The molecule has 0 aromatic heterocycles. The van der Waals surface area contributed by atoms with Crippen molar-refractivity contribution in [1.29, 1.82) is 0 Å². The molecule has 0 spiro atoms. The number of halogens is 1. The highest BCUT2D eigenvalue weighted by molar-refractivity contribution is 6.46. The summed E-state index contributed by atoms with van der Waals surface area (Å²) in [7, 11) is 1.58. The second-order valence-corrected chi connectivity index (χ2v) is 8.44. The molecule has 0 fully saturated rings. The molecule has 2 amide bonds. The molecule has 1 aliphatic rings. The van der Waals surface area contributed by atoms with Crippen LogP contribution in [0, 0.1) is 6.92 Å². The lowest BCUT2D eigenvalue weighted by molar-refractivity contribution is -0.120. The van der Waals surface area contributed by atoms with Gasteiger partial charge in [-0.05, 0) is 53.8 Å². The molecule has 5 nitrogen and oxygen atoms in total. The van der Waals surface area contributed by atoms with E-state index in [1.54, 1.807) is 49.6 Å². The van der Waals surface area contributed by atoms with Gasteiger partial charge < -0.3 is 10.1 Å². The Balaban J connectivity index is 1.67. The lowest BCUT2D eigenvalue weighted by Gasteiger charge is -2.18. The second-order valence-electron chi connectivity index (χ2n) is 8.01. The summed E-state index contributed by atoms with van der Waals surface area (Å²) in [5.74, 6) is -0.190. The van der Waals surface area contributed by atoms with Crippen molar-refractivity contribution in [1.82, 2.24) is 0 Å². The summed E-state index contributed by atoms with van der Waals surface area (Å²) in [4.78, 5) is 28.7. The molecular formula is C28H21ClN2O3. The van der Waals surface area contributed by atoms with Crippen LogP contribution in [-0.2, 0) is 9.59 Å². The van der Waals surface area contributed by atoms with E-state index in [1.807, 2.05) is 49.4 Å². The summed E-state index contributed by atoms with van der Waals surface area (Å²) in [6.07, 6.45) is 0. The zero-order valence-electron chi connectivity index (χ0n) is 18.6. The first-order chi connectivity index (χ1) is 16.5. The van der Waals surface area contributed by atoms with Crippen LogP contribution in [0.15, 0.2) is 90.6 Å². The molecule has 0 saturated carbocycles. The SMILES string of the molecule is COc1ccc(C2=C(Nc3cccc4ccccc34)C(=O)N(c3cc(Cl)ccc3C)C2=O)cc1. The zero-order valence-corrected chi connectivity index (χ0v) is 19.4. The number of amides is 2. The first-order valence-corrected chi connectivity index (χ1v) is 11.1. The largest absolute Gasteiger partial charge is 0.497 e. The van der Waals surface area contributed by atoms with Gasteiger partial charge in [0, 0.05) is 16.1 Å². The van der Waals surface area contributed by atoms with Gasteiger partial charge in [0.15, 0.2) is 0 Å². The van der Waals surface area contributed by atoms with Gasteiger partial charge in [0.05, 0.1) is 18.4 Å². The van der Waals surface area contributed by atoms with E-state index in [-0.39, 0.29) is 5.70 Å². The molecule has 1 heterocycles. The fraction of sp³-hybridized carbons (Fsp3) is 0.0714. The minimum atomic E-state index is -0.436. The van der Waals surface area contributed by atoms with Crippen LogP contribution in [0.3, 0.4) is 0 Å². The van der Waals surface area contributed by atoms with Crippen molar-refractivity contribution in [2.45, 2.75) is 6.92 Å². The number of rotatable bonds is 5. The van der Waals surface area contributed by atoms with Crippen LogP contribution in [0.2, 0.25) is 5.02 Å². The third-order valence-electron chi connectivity index (χ3n) is 5.92. The zero-order chi connectivity index (χ0) is 23.8. The highest BCUT2D eigenvalue weighted by Crippen LogP contribution is 2.37. The number of hydrogen-bond acceptors (Lipinski definition) is 4. The summed E-state index contributed by atoms with van der Waals surface area (Å²) in [5, 5.41) is 5.70. The summed E-state index contributed by atoms with van der Waals surface area (Å²) < 4.78 is 5.26. The summed E-state index contributed by atoms with van der Waals surface area (Å²) >= 11 is 6.22. The lowest BCUT2D eigenvalue weighted by Crippen LogP contribution is -2.33. The van der Waals surface area contributed by atoms with Crippen molar-refractivity contribution in [2.24, 2.45) is 0 Å². The fourth-order valence-electron chi connectivity index (χ4n) is 4.18. The summed E-state index contributed by atoms with van der Waals surface area (Å²) in [6, 6.07) is 25.9. The maximum absolute atomic E-state index is 13.7. The fourth-order valence-corrected chi connectivity index (χ4v) is 4.35. The van der Waals surface area contributed by atoms with Gasteiger partial charge in [0.2, 0.25) is 0 Å². The Bertz CT molecular complexity index is 1470. The van der Waals surface area contributed by atoms with Gasteiger partial charge >= 0.3 is 0 Å². The van der Waals surface area contributed by atoms with Crippen molar-refractivity contribution >= 4 is 51.1 Å². The molecule has 0 aliphatic carbocycles. The molecule has 0 atom stereocenters. The van der Waals surface area contributed by atoms with Gasteiger partial charge in [-0.15, -0.1) is 0 Å². The number of ether oxygens (including phenoxy) is 1. The van der Waals surface area contributed by atoms with Crippen LogP contribution in [0.25, 0.3) is 16.3 Å². The van der Waals surface area contributed by atoms with E-state index in [1.165, 1.54) is 4.90 Å². The van der Waals surface area contributed by atoms with E-state index < -0.39 is 11.8 Å². The smallest absolute Gasteiger partial charge is 0.282 e. The number of fused-ring (bicyclic) bond motifs is 1. The van der Waals surface area contributed by atoms with Crippen LogP contribution < -0.4 is 15.0 Å².